The van der Waals surface area contributed by atoms with E-state index in [0.29, 0.717) is 10.5 Å². The quantitative estimate of drug-likeness (QED) is 0.888. The Kier molecular flexibility index (Phi) is 3.42. The number of nitrogens with one attached hydrogen (secondary N) is 1. The van der Waals surface area contributed by atoms with Crippen LogP contribution >= 0.6 is 15.9 Å². The normalized spacial score (nSPS) is 17.8. The fourth-order valence-electron chi connectivity index (χ4n) is 1.92. The largest absolute Gasteiger partial charge is 0.316 e. The fourth-order valence-corrected chi connectivity index (χ4v) is 2.35. The van der Waals surface area contributed by atoms with Gasteiger partial charge < -0.3 is 5.32 Å². The summed E-state index contributed by atoms with van der Waals surface area (Å²) in [5, 5.41) is 3.34. The molecule has 3 heteroatoms. The predicted molar refractivity (Wildman–Crippen MR) is 63.4 cm³/mol. The molecule has 1 fully saturated rings. The van der Waals surface area contributed by atoms with E-state index in [-0.39, 0.29) is 5.82 Å². The van der Waals surface area contributed by atoms with Gasteiger partial charge in [-0.3, -0.25) is 0 Å². The summed E-state index contributed by atoms with van der Waals surface area (Å²) in [5.74, 6) is 0.630. The van der Waals surface area contributed by atoms with E-state index in [0.717, 1.165) is 12.3 Å². The van der Waals surface area contributed by atoms with Crippen molar-refractivity contribution < 1.29 is 4.39 Å². The highest BCUT2D eigenvalue weighted by molar-refractivity contribution is 9.10. The lowest BCUT2D eigenvalue weighted by Gasteiger charge is -2.15. The zero-order valence-corrected chi connectivity index (χ0v) is 10.3. The van der Waals surface area contributed by atoms with E-state index in [1.165, 1.54) is 24.5 Å². The molecule has 0 bridgehead atoms. The molecule has 0 aliphatic heterocycles. The zero-order chi connectivity index (χ0) is 10.8. The standard InChI is InChI=1S/C12H15BrFN/c1-15-12(9-3-4-9)7-8-2-5-11(14)10(13)6-8/h2,5-6,9,12,15H,3-4,7H2,1H3. The lowest BCUT2D eigenvalue weighted by molar-refractivity contribution is 0.500. The molecule has 1 aliphatic rings. The van der Waals surface area contributed by atoms with Crippen LogP contribution in [0.5, 0.6) is 0 Å². The third-order valence-corrected chi connectivity index (χ3v) is 3.61. The van der Waals surface area contributed by atoms with Crippen LogP contribution < -0.4 is 5.32 Å². The van der Waals surface area contributed by atoms with Crippen LogP contribution in [0.25, 0.3) is 0 Å². The summed E-state index contributed by atoms with van der Waals surface area (Å²) in [6.07, 6.45) is 3.64. The molecule has 1 aromatic rings. The lowest BCUT2D eigenvalue weighted by Crippen LogP contribution is -2.29. The average Bonchev–Trinajstić information content (AvgIpc) is 3.03. The van der Waals surface area contributed by atoms with Gasteiger partial charge in [0, 0.05) is 6.04 Å². The minimum Gasteiger partial charge on any atom is -0.316 e. The third kappa shape index (κ3) is 2.79. The van der Waals surface area contributed by atoms with Gasteiger partial charge in [-0.05, 0) is 65.9 Å². The van der Waals surface area contributed by atoms with Crippen molar-refractivity contribution in [3.05, 3.63) is 34.1 Å². The maximum atomic E-state index is 13.0. The Hall–Kier alpha value is -0.410. The fraction of sp³-hybridized carbons (Fsp3) is 0.500. The van der Waals surface area contributed by atoms with Crippen molar-refractivity contribution in [2.75, 3.05) is 7.05 Å². The third-order valence-electron chi connectivity index (χ3n) is 3.00. The monoisotopic (exact) mass is 271 g/mol. The zero-order valence-electron chi connectivity index (χ0n) is 8.76. The van der Waals surface area contributed by atoms with E-state index >= 15 is 0 Å². The number of halogens is 2. The summed E-state index contributed by atoms with van der Waals surface area (Å²) in [6, 6.07) is 5.82. The van der Waals surface area contributed by atoms with Crippen molar-refractivity contribution in [1.82, 2.24) is 5.32 Å². The molecule has 15 heavy (non-hydrogen) atoms. The van der Waals surface area contributed by atoms with Gasteiger partial charge >= 0.3 is 0 Å². The smallest absolute Gasteiger partial charge is 0.137 e. The molecule has 1 nitrogen and oxygen atoms in total. The second kappa shape index (κ2) is 4.62. The first-order valence-corrected chi connectivity index (χ1v) is 6.11. The maximum absolute atomic E-state index is 13.0. The highest BCUT2D eigenvalue weighted by Gasteiger charge is 2.29. The molecule has 82 valence electrons. The molecule has 1 unspecified atom stereocenters. The van der Waals surface area contributed by atoms with Crippen LogP contribution in [0.1, 0.15) is 18.4 Å². The Morgan fingerprint density at radius 1 is 1.53 bits per heavy atom. The number of benzene rings is 1. The van der Waals surface area contributed by atoms with Crippen LogP contribution in [0, 0.1) is 11.7 Å². The summed E-state index contributed by atoms with van der Waals surface area (Å²) >= 11 is 3.22. The van der Waals surface area contributed by atoms with Crippen LogP contribution in [-0.2, 0) is 6.42 Å². The van der Waals surface area contributed by atoms with Crippen LogP contribution in [0.4, 0.5) is 4.39 Å². The molecule has 1 atom stereocenters. The number of hydrogen-bond acceptors (Lipinski definition) is 1. The maximum Gasteiger partial charge on any atom is 0.137 e. The van der Waals surface area contributed by atoms with Crippen LogP contribution in [0.2, 0.25) is 0 Å². The minimum absolute atomic E-state index is 0.189. The van der Waals surface area contributed by atoms with Crippen molar-refractivity contribution in [3.63, 3.8) is 0 Å². The molecule has 1 aromatic carbocycles. The van der Waals surface area contributed by atoms with Crippen molar-refractivity contribution in [3.8, 4) is 0 Å². The Bertz CT molecular complexity index is 349. The van der Waals surface area contributed by atoms with E-state index < -0.39 is 0 Å². The van der Waals surface area contributed by atoms with E-state index in [9.17, 15) is 4.39 Å². The molecule has 0 heterocycles. The second-order valence-corrected chi connectivity index (χ2v) is 5.04. The molecular weight excluding hydrogens is 257 g/mol. The van der Waals surface area contributed by atoms with Gasteiger partial charge in [0.1, 0.15) is 5.82 Å². The highest BCUT2D eigenvalue weighted by atomic mass is 79.9. The Balaban J connectivity index is 2.05. The SMILES string of the molecule is CNC(Cc1ccc(F)c(Br)c1)C1CC1. The molecule has 0 spiro atoms. The van der Waals surface area contributed by atoms with Gasteiger partial charge in [-0.1, -0.05) is 6.07 Å². The van der Waals surface area contributed by atoms with E-state index in [4.69, 9.17) is 0 Å². The summed E-state index contributed by atoms with van der Waals surface area (Å²) in [6.45, 7) is 0. The second-order valence-electron chi connectivity index (χ2n) is 4.19. The van der Waals surface area contributed by atoms with Gasteiger partial charge in [-0.15, -0.1) is 0 Å². The van der Waals surface area contributed by atoms with Gasteiger partial charge in [-0.25, -0.2) is 4.39 Å². The summed E-state index contributed by atoms with van der Waals surface area (Å²) in [7, 11) is 2.00. The molecule has 2 rings (SSSR count). The van der Waals surface area contributed by atoms with Crippen molar-refractivity contribution in [2.45, 2.75) is 25.3 Å². The number of hydrogen-bond donors (Lipinski definition) is 1. The van der Waals surface area contributed by atoms with E-state index in [1.54, 1.807) is 0 Å². The van der Waals surface area contributed by atoms with Crippen LogP contribution in [-0.4, -0.2) is 13.1 Å². The first kappa shape index (κ1) is 11.1. The lowest BCUT2D eigenvalue weighted by atomic mass is 10.0. The Morgan fingerprint density at radius 2 is 2.27 bits per heavy atom. The first-order valence-electron chi connectivity index (χ1n) is 5.32. The molecule has 1 aliphatic carbocycles. The van der Waals surface area contributed by atoms with Gasteiger partial charge in [0.25, 0.3) is 0 Å². The predicted octanol–water partition coefficient (Wildman–Crippen LogP) is 3.13. The molecule has 0 radical (unpaired) electrons. The first-order chi connectivity index (χ1) is 7.20. The van der Waals surface area contributed by atoms with Gasteiger partial charge in [0.2, 0.25) is 0 Å². The number of likely N-dealkylation sites (N-methyl/N-ethyl adjacent to an activating group) is 1. The van der Waals surface area contributed by atoms with E-state index in [2.05, 4.69) is 21.2 Å². The summed E-state index contributed by atoms with van der Waals surface area (Å²) in [5.41, 5.74) is 1.19. The molecule has 1 saturated carbocycles. The van der Waals surface area contributed by atoms with Gasteiger partial charge in [0.15, 0.2) is 0 Å². The van der Waals surface area contributed by atoms with Gasteiger partial charge in [0.05, 0.1) is 4.47 Å². The molecule has 1 N–H and O–H groups in total. The molecule has 0 amide bonds. The van der Waals surface area contributed by atoms with Gasteiger partial charge in [-0.2, -0.15) is 0 Å². The number of rotatable bonds is 4. The Morgan fingerprint density at radius 3 is 2.80 bits per heavy atom. The molecular formula is C12H15BrFN. The summed E-state index contributed by atoms with van der Waals surface area (Å²) in [4.78, 5) is 0. The van der Waals surface area contributed by atoms with Crippen molar-refractivity contribution in [2.24, 2.45) is 5.92 Å². The van der Waals surface area contributed by atoms with Crippen molar-refractivity contribution >= 4 is 15.9 Å². The average molecular weight is 272 g/mol. The molecule has 0 aromatic heterocycles. The topological polar surface area (TPSA) is 12.0 Å². The van der Waals surface area contributed by atoms with E-state index in [1.807, 2.05) is 19.2 Å². The van der Waals surface area contributed by atoms with Crippen LogP contribution in [0.3, 0.4) is 0 Å². The van der Waals surface area contributed by atoms with Crippen molar-refractivity contribution in [1.29, 1.82) is 0 Å². The van der Waals surface area contributed by atoms with Crippen LogP contribution in [0.15, 0.2) is 22.7 Å². The Labute approximate surface area is 98.2 Å². The molecule has 0 saturated heterocycles. The highest BCUT2D eigenvalue weighted by Crippen LogP contribution is 2.34. The summed E-state index contributed by atoms with van der Waals surface area (Å²) < 4.78 is 13.6. The minimum atomic E-state index is -0.189.